The number of nitrogen functional groups attached to an aromatic ring is 1. The van der Waals surface area contributed by atoms with Gasteiger partial charge in [0.25, 0.3) is 0 Å². The lowest BCUT2D eigenvalue weighted by atomic mass is 9.94. The second-order valence-electron chi connectivity index (χ2n) is 4.98. The zero-order chi connectivity index (χ0) is 10.3. The van der Waals surface area contributed by atoms with Gasteiger partial charge in [-0.3, -0.25) is 0 Å². The Kier molecular flexibility index (Phi) is 2.32. The van der Waals surface area contributed by atoms with Crippen LogP contribution in [0.2, 0.25) is 0 Å². The molecule has 0 saturated carbocycles. The van der Waals surface area contributed by atoms with Crippen LogP contribution in [-0.4, -0.2) is 6.54 Å². The fourth-order valence-electron chi connectivity index (χ4n) is 1.57. The summed E-state index contributed by atoms with van der Waals surface area (Å²) in [6.07, 6.45) is 1.23. The first-order valence-corrected chi connectivity index (χ1v) is 5.93. The molecule has 1 fully saturated rings. The number of hydrogen-bond donors (Lipinski definition) is 2. The van der Waals surface area contributed by atoms with Gasteiger partial charge in [0.15, 0.2) is 0 Å². The minimum atomic E-state index is 0.223. The average Bonchev–Trinajstić information content (AvgIpc) is 2.28. The predicted octanol–water partition coefficient (Wildman–Crippen LogP) is 2.66. The lowest BCUT2D eigenvalue weighted by Gasteiger charge is -2.27. The van der Waals surface area contributed by atoms with Gasteiger partial charge in [-0.25, -0.2) is 0 Å². The van der Waals surface area contributed by atoms with Crippen LogP contribution in [0.15, 0.2) is 6.07 Å². The molecule has 0 unspecified atom stereocenters. The summed E-state index contributed by atoms with van der Waals surface area (Å²) in [4.78, 5) is 2.72. The molecule has 0 aromatic carbocycles. The van der Waals surface area contributed by atoms with E-state index in [2.05, 4.69) is 32.2 Å². The summed E-state index contributed by atoms with van der Waals surface area (Å²) in [5.74, 6) is 0. The topological polar surface area (TPSA) is 38.0 Å². The number of nitrogens with one attached hydrogen (secondary N) is 1. The van der Waals surface area contributed by atoms with Crippen LogP contribution < -0.4 is 11.1 Å². The molecular formula is C11H18N2S. The van der Waals surface area contributed by atoms with Crippen LogP contribution in [0, 0.1) is 0 Å². The Morgan fingerprint density at radius 3 is 2.50 bits per heavy atom. The van der Waals surface area contributed by atoms with Crippen LogP contribution in [0.3, 0.4) is 0 Å². The van der Waals surface area contributed by atoms with E-state index in [-0.39, 0.29) is 5.41 Å². The summed E-state index contributed by atoms with van der Waals surface area (Å²) < 4.78 is 0. The van der Waals surface area contributed by atoms with E-state index >= 15 is 0 Å². The highest BCUT2D eigenvalue weighted by Crippen LogP contribution is 2.39. The third kappa shape index (κ3) is 1.66. The monoisotopic (exact) mass is 210 g/mol. The molecule has 1 aliphatic heterocycles. The first kappa shape index (κ1) is 9.99. The zero-order valence-corrected chi connectivity index (χ0v) is 9.87. The van der Waals surface area contributed by atoms with Gasteiger partial charge in [-0.05, 0) is 24.4 Å². The van der Waals surface area contributed by atoms with Gasteiger partial charge in [-0.15, -0.1) is 11.3 Å². The van der Waals surface area contributed by atoms with Crippen molar-refractivity contribution >= 4 is 17.0 Å². The predicted molar refractivity (Wildman–Crippen MR) is 62.8 cm³/mol. The van der Waals surface area contributed by atoms with Gasteiger partial charge in [-0.2, -0.15) is 0 Å². The van der Waals surface area contributed by atoms with E-state index in [9.17, 15) is 0 Å². The molecule has 2 heterocycles. The van der Waals surface area contributed by atoms with Gasteiger partial charge >= 0.3 is 0 Å². The minimum Gasteiger partial charge on any atom is -0.398 e. The molecule has 1 aromatic heterocycles. The van der Waals surface area contributed by atoms with Crippen LogP contribution in [0.4, 0.5) is 5.69 Å². The van der Waals surface area contributed by atoms with Crippen LogP contribution in [0.5, 0.6) is 0 Å². The summed E-state index contributed by atoms with van der Waals surface area (Å²) >= 11 is 1.86. The van der Waals surface area contributed by atoms with Crippen LogP contribution in [0.1, 0.15) is 43.0 Å². The SMILES string of the molecule is CC(C)(C)c1cc(N)c([C@@H]2CCN2)s1. The van der Waals surface area contributed by atoms with Crippen LogP contribution in [0.25, 0.3) is 0 Å². The standard InChI is InChI=1S/C11H18N2S/c1-11(2,3)9-6-7(12)10(14-9)8-4-5-13-8/h6,8,13H,4-5,12H2,1-3H3/t8-/m0/s1. The maximum absolute atomic E-state index is 6.02. The zero-order valence-electron chi connectivity index (χ0n) is 9.05. The Labute approximate surface area is 89.5 Å². The lowest BCUT2D eigenvalue weighted by Crippen LogP contribution is -2.34. The third-order valence-electron chi connectivity index (χ3n) is 2.67. The molecule has 78 valence electrons. The summed E-state index contributed by atoms with van der Waals surface area (Å²) in [5, 5.41) is 3.40. The Morgan fingerprint density at radius 2 is 2.14 bits per heavy atom. The molecule has 3 N–H and O–H groups in total. The number of thiophene rings is 1. The van der Waals surface area contributed by atoms with Crippen molar-refractivity contribution < 1.29 is 0 Å². The molecule has 1 saturated heterocycles. The van der Waals surface area contributed by atoms with Gasteiger partial charge in [0, 0.05) is 21.5 Å². The first-order chi connectivity index (χ1) is 6.48. The summed E-state index contributed by atoms with van der Waals surface area (Å²) in [5.41, 5.74) is 7.21. The largest absolute Gasteiger partial charge is 0.398 e. The highest BCUT2D eigenvalue weighted by molar-refractivity contribution is 7.12. The maximum atomic E-state index is 6.02. The first-order valence-electron chi connectivity index (χ1n) is 5.11. The van der Waals surface area contributed by atoms with Crippen molar-refractivity contribution in [1.82, 2.24) is 5.32 Å². The highest BCUT2D eigenvalue weighted by atomic mass is 32.1. The second-order valence-corrected chi connectivity index (χ2v) is 6.06. The summed E-state index contributed by atoms with van der Waals surface area (Å²) in [7, 11) is 0. The van der Waals surface area contributed by atoms with E-state index in [0.29, 0.717) is 6.04 Å². The van der Waals surface area contributed by atoms with Crippen molar-refractivity contribution in [3.05, 3.63) is 15.8 Å². The molecule has 3 heteroatoms. The van der Waals surface area contributed by atoms with Gasteiger partial charge < -0.3 is 11.1 Å². The summed E-state index contributed by atoms with van der Waals surface area (Å²) in [6, 6.07) is 2.66. The van der Waals surface area contributed by atoms with Gasteiger partial charge in [0.05, 0.1) is 0 Å². The Bertz CT molecular complexity index is 332. The lowest BCUT2D eigenvalue weighted by molar-refractivity contribution is 0.390. The molecule has 1 atom stereocenters. The molecule has 0 radical (unpaired) electrons. The molecule has 2 rings (SSSR count). The summed E-state index contributed by atoms with van der Waals surface area (Å²) in [6.45, 7) is 7.83. The van der Waals surface area contributed by atoms with Gasteiger partial charge in [-0.1, -0.05) is 20.8 Å². The molecule has 0 spiro atoms. The molecule has 0 bridgehead atoms. The fourth-order valence-corrected chi connectivity index (χ4v) is 2.82. The van der Waals surface area contributed by atoms with E-state index < -0.39 is 0 Å². The van der Waals surface area contributed by atoms with E-state index in [4.69, 9.17) is 5.73 Å². The highest BCUT2D eigenvalue weighted by Gasteiger charge is 2.25. The molecule has 1 aromatic rings. The molecule has 1 aliphatic rings. The smallest absolute Gasteiger partial charge is 0.0474 e. The maximum Gasteiger partial charge on any atom is 0.0474 e. The van der Waals surface area contributed by atoms with E-state index in [0.717, 1.165) is 12.2 Å². The van der Waals surface area contributed by atoms with Crippen molar-refractivity contribution in [2.45, 2.75) is 38.6 Å². The molecule has 14 heavy (non-hydrogen) atoms. The Morgan fingerprint density at radius 1 is 1.50 bits per heavy atom. The molecule has 2 nitrogen and oxygen atoms in total. The van der Waals surface area contributed by atoms with Crippen LogP contribution in [-0.2, 0) is 5.41 Å². The third-order valence-corrected chi connectivity index (χ3v) is 4.36. The van der Waals surface area contributed by atoms with Crippen molar-refractivity contribution in [2.75, 3.05) is 12.3 Å². The van der Waals surface area contributed by atoms with E-state index in [1.807, 2.05) is 11.3 Å². The quantitative estimate of drug-likeness (QED) is 0.748. The molecule has 0 amide bonds. The number of nitrogens with two attached hydrogens (primary N) is 1. The van der Waals surface area contributed by atoms with Gasteiger partial charge in [0.2, 0.25) is 0 Å². The number of anilines is 1. The normalized spacial score (nSPS) is 22.1. The fraction of sp³-hybridized carbons (Fsp3) is 0.636. The Hall–Kier alpha value is -0.540. The Balaban J connectivity index is 2.29. The minimum absolute atomic E-state index is 0.223. The number of rotatable bonds is 1. The van der Waals surface area contributed by atoms with Crippen molar-refractivity contribution in [3.8, 4) is 0 Å². The van der Waals surface area contributed by atoms with Crippen molar-refractivity contribution in [2.24, 2.45) is 0 Å². The van der Waals surface area contributed by atoms with E-state index in [1.54, 1.807) is 0 Å². The molecule has 0 aliphatic carbocycles. The average molecular weight is 210 g/mol. The van der Waals surface area contributed by atoms with Crippen LogP contribution >= 0.6 is 11.3 Å². The number of hydrogen-bond acceptors (Lipinski definition) is 3. The van der Waals surface area contributed by atoms with Crippen molar-refractivity contribution in [1.29, 1.82) is 0 Å². The van der Waals surface area contributed by atoms with Gasteiger partial charge in [0.1, 0.15) is 0 Å². The second kappa shape index (κ2) is 3.24. The molecular weight excluding hydrogens is 192 g/mol. The van der Waals surface area contributed by atoms with E-state index in [1.165, 1.54) is 16.2 Å². The van der Waals surface area contributed by atoms with Crippen molar-refractivity contribution in [3.63, 3.8) is 0 Å².